The number of hydrogen-bond donors (Lipinski definition) is 3. The van der Waals surface area contributed by atoms with E-state index in [1.165, 1.54) is 22.9 Å². The summed E-state index contributed by atoms with van der Waals surface area (Å²) in [5.74, 6) is -1.40. The van der Waals surface area contributed by atoms with Crippen LogP contribution in [0, 0.1) is 0 Å². The molecule has 0 aliphatic carbocycles. The van der Waals surface area contributed by atoms with Crippen LogP contribution in [0.3, 0.4) is 0 Å². The smallest absolute Gasteiger partial charge is 0.327 e. The summed E-state index contributed by atoms with van der Waals surface area (Å²) in [5, 5.41) is 16.5. The van der Waals surface area contributed by atoms with Gasteiger partial charge in [-0.2, -0.15) is 0 Å². The number of carboxylic acids is 1. The third-order valence-electron chi connectivity index (χ3n) is 5.26. The van der Waals surface area contributed by atoms with E-state index < -0.39 is 28.8 Å². The number of benzene rings is 2. The highest BCUT2D eigenvalue weighted by Crippen LogP contribution is 2.50. The van der Waals surface area contributed by atoms with E-state index in [-0.39, 0.29) is 11.3 Å². The molecule has 0 saturated carbocycles. The van der Waals surface area contributed by atoms with E-state index in [2.05, 4.69) is 10.6 Å². The highest BCUT2D eigenvalue weighted by Gasteiger charge is 2.64. The number of hydrogen-bond acceptors (Lipinski definition) is 4. The predicted molar refractivity (Wildman–Crippen MR) is 112 cm³/mol. The van der Waals surface area contributed by atoms with Crippen LogP contribution in [0.2, 0.25) is 0 Å². The molecule has 2 fully saturated rings. The van der Waals surface area contributed by atoms with Crippen LogP contribution in [0.15, 0.2) is 48.7 Å². The Bertz CT molecular complexity index is 1030. The molecule has 0 radical (unpaired) electrons. The van der Waals surface area contributed by atoms with Crippen LogP contribution in [0.25, 0.3) is 16.8 Å². The monoisotopic (exact) mass is 411 g/mol. The molecule has 2 aromatic rings. The first-order chi connectivity index (χ1) is 13.8. The molecular weight excluding hydrogens is 390 g/mol. The van der Waals surface area contributed by atoms with Gasteiger partial charge in [-0.3, -0.25) is 4.79 Å². The third kappa shape index (κ3) is 3.33. The maximum Gasteiger partial charge on any atom is 0.327 e. The Morgan fingerprint density at radius 1 is 1.17 bits per heavy atom. The molecule has 2 aliphatic heterocycles. The maximum atomic E-state index is 12.4. The fourth-order valence-electron chi connectivity index (χ4n) is 3.93. The van der Waals surface area contributed by atoms with Gasteiger partial charge < -0.3 is 20.6 Å². The molecule has 0 spiro atoms. The van der Waals surface area contributed by atoms with Gasteiger partial charge in [0.15, 0.2) is 0 Å². The van der Waals surface area contributed by atoms with Crippen LogP contribution < -0.4 is 10.6 Å². The third-order valence-corrected chi connectivity index (χ3v) is 6.83. The fourth-order valence-corrected chi connectivity index (χ4v) is 5.56. The first-order valence-corrected chi connectivity index (χ1v) is 10.1. The van der Waals surface area contributed by atoms with Crippen LogP contribution in [0.5, 0.6) is 0 Å². The summed E-state index contributed by atoms with van der Waals surface area (Å²) in [7, 11) is 0. The molecule has 2 unspecified atom stereocenters. The zero-order chi connectivity index (χ0) is 20.8. The molecule has 150 valence electrons. The minimum absolute atomic E-state index is 0.367. The van der Waals surface area contributed by atoms with Crippen molar-refractivity contribution in [2.24, 2.45) is 0 Å². The molecule has 2 aliphatic rings. The lowest BCUT2D eigenvalue weighted by Gasteiger charge is -2.43. The van der Waals surface area contributed by atoms with Crippen molar-refractivity contribution >= 4 is 46.5 Å². The van der Waals surface area contributed by atoms with Gasteiger partial charge in [-0.15, -0.1) is 11.8 Å². The average molecular weight is 411 g/mol. The molecule has 2 aromatic carbocycles. The fraction of sp³-hybridized carbons (Fsp3) is 0.286. The molecule has 29 heavy (non-hydrogen) atoms. The quantitative estimate of drug-likeness (QED) is 0.672. The Morgan fingerprint density at radius 3 is 2.66 bits per heavy atom. The number of carbonyl (C=O) groups excluding carboxylic acids is 2. The zero-order valence-electron chi connectivity index (χ0n) is 16.0. The largest absolute Gasteiger partial charge is 0.480 e. The first kappa shape index (κ1) is 19.3. The highest BCUT2D eigenvalue weighted by molar-refractivity contribution is 8.01. The van der Waals surface area contributed by atoms with Gasteiger partial charge in [0.05, 0.1) is 0 Å². The molecule has 4 rings (SSSR count). The zero-order valence-corrected chi connectivity index (χ0v) is 16.8. The normalized spacial score (nSPS) is 25.0. The van der Waals surface area contributed by atoms with Gasteiger partial charge in [-0.05, 0) is 36.3 Å². The van der Waals surface area contributed by atoms with Crippen molar-refractivity contribution in [1.29, 1.82) is 0 Å². The topological polar surface area (TPSA) is 98.7 Å². The highest BCUT2D eigenvalue weighted by atomic mass is 32.2. The number of amides is 3. The summed E-state index contributed by atoms with van der Waals surface area (Å²) in [6, 6.07) is 11.8. The van der Waals surface area contributed by atoms with E-state index in [1.807, 2.05) is 42.5 Å². The number of thioether (sulfide) groups is 1. The molecule has 3 atom stereocenters. The second-order valence-electron chi connectivity index (χ2n) is 7.60. The standard InChI is InChI=1S/C21H21N3O4S/c1-21(2)16(19(26)27)24-17(25)15(18(24)29-21)23-20(28)22-11-10-13-8-5-7-12-6-3-4-9-14(12)13/h3-11,15-16,18H,1-2H3,(H,26,27)(H2,22,23,28)/b11-10+/t15?,16-,18?/m0/s1. The van der Waals surface area contributed by atoms with E-state index in [9.17, 15) is 19.5 Å². The van der Waals surface area contributed by atoms with Crippen LogP contribution in [0.4, 0.5) is 4.79 Å². The molecular formula is C21H21N3O4S. The van der Waals surface area contributed by atoms with Gasteiger partial charge in [0.2, 0.25) is 5.91 Å². The summed E-state index contributed by atoms with van der Waals surface area (Å²) in [4.78, 5) is 37.5. The number of β-lactam (4-membered cyclic amide) rings is 1. The average Bonchev–Trinajstić information content (AvgIpc) is 2.94. The van der Waals surface area contributed by atoms with Crippen molar-refractivity contribution < 1.29 is 19.5 Å². The number of fused-ring (bicyclic) bond motifs is 2. The Morgan fingerprint density at radius 2 is 1.90 bits per heavy atom. The van der Waals surface area contributed by atoms with Crippen LogP contribution >= 0.6 is 11.8 Å². The number of carbonyl (C=O) groups is 3. The van der Waals surface area contributed by atoms with E-state index in [0.717, 1.165) is 16.3 Å². The Hall–Kier alpha value is -3.00. The van der Waals surface area contributed by atoms with Gasteiger partial charge >= 0.3 is 12.0 Å². The van der Waals surface area contributed by atoms with E-state index in [1.54, 1.807) is 19.9 Å². The van der Waals surface area contributed by atoms with Crippen molar-refractivity contribution in [3.8, 4) is 0 Å². The van der Waals surface area contributed by atoms with Gasteiger partial charge in [0, 0.05) is 10.9 Å². The molecule has 0 bridgehead atoms. The molecule has 2 heterocycles. The number of carboxylic acid groups (broad SMARTS) is 1. The van der Waals surface area contributed by atoms with E-state index in [4.69, 9.17) is 0 Å². The predicted octanol–water partition coefficient (Wildman–Crippen LogP) is 2.63. The maximum absolute atomic E-state index is 12.4. The van der Waals surface area contributed by atoms with Gasteiger partial charge in [0.1, 0.15) is 17.5 Å². The number of nitrogens with one attached hydrogen (secondary N) is 2. The van der Waals surface area contributed by atoms with Crippen molar-refractivity contribution in [2.75, 3.05) is 0 Å². The lowest BCUT2D eigenvalue weighted by Crippen LogP contribution is -2.71. The van der Waals surface area contributed by atoms with Crippen LogP contribution in [-0.4, -0.2) is 50.1 Å². The lowest BCUT2D eigenvalue weighted by atomic mass is 9.96. The minimum Gasteiger partial charge on any atom is -0.480 e. The molecule has 8 heteroatoms. The van der Waals surface area contributed by atoms with Crippen LogP contribution in [-0.2, 0) is 9.59 Å². The lowest BCUT2D eigenvalue weighted by molar-refractivity contribution is -0.159. The number of urea groups is 1. The Kier molecular flexibility index (Phi) is 4.74. The summed E-state index contributed by atoms with van der Waals surface area (Å²) in [6.07, 6.45) is 3.33. The Labute approximate surface area is 172 Å². The molecule has 3 amide bonds. The molecule has 7 nitrogen and oxygen atoms in total. The summed E-state index contributed by atoms with van der Waals surface area (Å²) in [6.45, 7) is 3.60. The van der Waals surface area contributed by atoms with Crippen molar-refractivity contribution in [3.63, 3.8) is 0 Å². The van der Waals surface area contributed by atoms with Crippen molar-refractivity contribution in [3.05, 3.63) is 54.2 Å². The Balaban J connectivity index is 1.39. The van der Waals surface area contributed by atoms with Crippen LogP contribution in [0.1, 0.15) is 19.4 Å². The van der Waals surface area contributed by atoms with E-state index in [0.29, 0.717) is 0 Å². The molecule has 2 saturated heterocycles. The number of nitrogens with zero attached hydrogens (tertiary/aromatic N) is 1. The number of rotatable bonds is 4. The minimum atomic E-state index is -1.03. The summed E-state index contributed by atoms with van der Waals surface area (Å²) >= 11 is 1.39. The molecule has 3 N–H and O–H groups in total. The summed E-state index contributed by atoms with van der Waals surface area (Å²) in [5.41, 5.74) is 0.965. The van der Waals surface area contributed by atoms with E-state index >= 15 is 0 Å². The van der Waals surface area contributed by atoms with Gasteiger partial charge in [-0.1, -0.05) is 42.5 Å². The van der Waals surface area contributed by atoms with Gasteiger partial charge in [0.25, 0.3) is 0 Å². The SMILES string of the molecule is CC1(C)SC2C(NC(=O)N/C=C/c3cccc4ccccc34)C(=O)N2[C@H]1C(=O)O. The van der Waals surface area contributed by atoms with Gasteiger partial charge in [-0.25, -0.2) is 9.59 Å². The van der Waals surface area contributed by atoms with Crippen molar-refractivity contribution in [2.45, 2.75) is 36.1 Å². The second kappa shape index (κ2) is 7.11. The number of aliphatic carboxylic acids is 1. The van der Waals surface area contributed by atoms with Crippen molar-refractivity contribution in [1.82, 2.24) is 15.5 Å². The first-order valence-electron chi connectivity index (χ1n) is 9.24. The molecule has 0 aromatic heterocycles. The summed E-state index contributed by atoms with van der Waals surface area (Å²) < 4.78 is -0.618. The second-order valence-corrected chi connectivity index (χ2v) is 9.37.